The SMILES string of the molecule is CCC1CCCC(NC)(c2nc(C(C)C)cs2)CC1. The Morgan fingerprint density at radius 1 is 1.42 bits per heavy atom. The first-order valence-corrected chi connectivity index (χ1v) is 8.64. The second-order valence-electron chi connectivity index (χ2n) is 6.27. The first-order valence-electron chi connectivity index (χ1n) is 7.76. The molecule has 0 saturated heterocycles. The highest BCUT2D eigenvalue weighted by molar-refractivity contribution is 7.09. The lowest BCUT2D eigenvalue weighted by Gasteiger charge is -2.30. The van der Waals surface area contributed by atoms with Crippen LogP contribution in [0.4, 0.5) is 0 Å². The van der Waals surface area contributed by atoms with Crippen LogP contribution >= 0.6 is 11.3 Å². The van der Waals surface area contributed by atoms with E-state index < -0.39 is 0 Å². The van der Waals surface area contributed by atoms with Gasteiger partial charge in [0.15, 0.2) is 0 Å². The molecule has 2 nitrogen and oxygen atoms in total. The van der Waals surface area contributed by atoms with Crippen LogP contribution in [0.5, 0.6) is 0 Å². The summed E-state index contributed by atoms with van der Waals surface area (Å²) >= 11 is 1.85. The van der Waals surface area contributed by atoms with Crippen molar-refractivity contribution in [2.45, 2.75) is 70.8 Å². The Morgan fingerprint density at radius 2 is 2.21 bits per heavy atom. The average molecular weight is 280 g/mol. The molecule has 1 heterocycles. The molecule has 1 aromatic rings. The molecule has 0 aromatic carbocycles. The first kappa shape index (κ1) is 15.0. The number of nitrogens with zero attached hydrogens (tertiary/aromatic N) is 1. The summed E-state index contributed by atoms with van der Waals surface area (Å²) in [5.41, 5.74) is 1.40. The van der Waals surface area contributed by atoms with Crippen LogP contribution in [0, 0.1) is 5.92 Å². The fraction of sp³-hybridized carbons (Fsp3) is 0.812. The molecule has 1 saturated carbocycles. The van der Waals surface area contributed by atoms with Gasteiger partial charge in [0.2, 0.25) is 0 Å². The number of aromatic nitrogens is 1. The van der Waals surface area contributed by atoms with Crippen LogP contribution in [0.3, 0.4) is 0 Å². The number of thiazole rings is 1. The second kappa shape index (κ2) is 6.36. The topological polar surface area (TPSA) is 24.9 Å². The molecule has 108 valence electrons. The largest absolute Gasteiger partial charge is 0.308 e. The monoisotopic (exact) mass is 280 g/mol. The number of nitrogens with one attached hydrogen (secondary N) is 1. The zero-order valence-corrected chi connectivity index (χ0v) is 13.6. The van der Waals surface area contributed by atoms with E-state index in [0.717, 1.165) is 5.92 Å². The molecule has 1 aromatic heterocycles. The van der Waals surface area contributed by atoms with Crippen molar-refractivity contribution in [1.29, 1.82) is 0 Å². The van der Waals surface area contributed by atoms with Gasteiger partial charge in [-0.15, -0.1) is 11.3 Å². The highest BCUT2D eigenvalue weighted by Gasteiger charge is 2.35. The number of hydrogen-bond donors (Lipinski definition) is 1. The van der Waals surface area contributed by atoms with Crippen LogP contribution in [0.2, 0.25) is 0 Å². The van der Waals surface area contributed by atoms with E-state index in [2.05, 4.69) is 38.5 Å². The Hall–Kier alpha value is -0.410. The minimum atomic E-state index is 0.141. The highest BCUT2D eigenvalue weighted by Crippen LogP contribution is 2.40. The Morgan fingerprint density at radius 3 is 2.79 bits per heavy atom. The van der Waals surface area contributed by atoms with Gasteiger partial charge in [-0.05, 0) is 38.1 Å². The van der Waals surface area contributed by atoms with Crippen molar-refractivity contribution >= 4 is 11.3 Å². The lowest BCUT2D eigenvalue weighted by Crippen LogP contribution is -2.39. The predicted octanol–water partition coefficient (Wildman–Crippen LogP) is 4.67. The van der Waals surface area contributed by atoms with Crippen molar-refractivity contribution in [3.8, 4) is 0 Å². The van der Waals surface area contributed by atoms with E-state index in [9.17, 15) is 0 Å². The third-order valence-corrected chi connectivity index (χ3v) is 5.84. The maximum Gasteiger partial charge on any atom is 0.113 e. The molecule has 2 unspecified atom stereocenters. The summed E-state index contributed by atoms with van der Waals surface area (Å²) in [5, 5.41) is 7.19. The molecule has 2 atom stereocenters. The van der Waals surface area contributed by atoms with Crippen molar-refractivity contribution in [2.24, 2.45) is 5.92 Å². The molecule has 0 bridgehead atoms. The predicted molar refractivity (Wildman–Crippen MR) is 83.8 cm³/mol. The van der Waals surface area contributed by atoms with Gasteiger partial charge >= 0.3 is 0 Å². The lowest BCUT2D eigenvalue weighted by molar-refractivity contribution is 0.305. The fourth-order valence-corrected chi connectivity index (χ4v) is 4.41. The third kappa shape index (κ3) is 3.19. The van der Waals surface area contributed by atoms with Crippen LogP contribution in [0.15, 0.2) is 5.38 Å². The summed E-state index contributed by atoms with van der Waals surface area (Å²) in [6.07, 6.45) is 7.87. The van der Waals surface area contributed by atoms with Crippen molar-refractivity contribution < 1.29 is 0 Å². The average Bonchev–Trinajstić information content (AvgIpc) is 2.81. The molecule has 1 N–H and O–H groups in total. The van der Waals surface area contributed by atoms with E-state index in [1.807, 2.05) is 11.3 Å². The van der Waals surface area contributed by atoms with Crippen LogP contribution in [-0.4, -0.2) is 12.0 Å². The van der Waals surface area contributed by atoms with Gasteiger partial charge in [-0.2, -0.15) is 0 Å². The van der Waals surface area contributed by atoms with Crippen LogP contribution in [0.1, 0.15) is 75.9 Å². The Bertz CT molecular complexity index is 399. The Balaban J connectivity index is 2.21. The summed E-state index contributed by atoms with van der Waals surface area (Å²) < 4.78 is 0. The quantitative estimate of drug-likeness (QED) is 0.811. The van der Waals surface area contributed by atoms with E-state index in [-0.39, 0.29) is 5.54 Å². The molecular weight excluding hydrogens is 252 g/mol. The van der Waals surface area contributed by atoms with Crippen molar-refractivity contribution in [3.05, 3.63) is 16.1 Å². The Kier molecular flexibility index (Phi) is 5.02. The summed E-state index contributed by atoms with van der Waals surface area (Å²) in [6, 6.07) is 0. The zero-order valence-electron chi connectivity index (χ0n) is 12.8. The van der Waals surface area contributed by atoms with E-state index in [1.165, 1.54) is 49.2 Å². The maximum absolute atomic E-state index is 4.92. The fourth-order valence-electron chi connectivity index (χ4n) is 3.16. The molecule has 1 aliphatic carbocycles. The van der Waals surface area contributed by atoms with E-state index in [0.29, 0.717) is 5.92 Å². The molecule has 3 heteroatoms. The van der Waals surface area contributed by atoms with Gasteiger partial charge in [0.1, 0.15) is 5.01 Å². The summed E-state index contributed by atoms with van der Waals surface area (Å²) in [5.74, 6) is 1.45. The van der Waals surface area contributed by atoms with Crippen molar-refractivity contribution in [3.63, 3.8) is 0 Å². The lowest BCUT2D eigenvalue weighted by atomic mass is 9.90. The molecule has 0 amide bonds. The first-order chi connectivity index (χ1) is 9.11. The highest BCUT2D eigenvalue weighted by atomic mass is 32.1. The number of hydrogen-bond acceptors (Lipinski definition) is 3. The zero-order chi connectivity index (χ0) is 13.9. The van der Waals surface area contributed by atoms with Crippen LogP contribution in [-0.2, 0) is 5.54 Å². The summed E-state index contributed by atoms with van der Waals surface area (Å²) in [4.78, 5) is 4.92. The maximum atomic E-state index is 4.92. The molecule has 19 heavy (non-hydrogen) atoms. The summed E-state index contributed by atoms with van der Waals surface area (Å²) in [7, 11) is 2.11. The third-order valence-electron chi connectivity index (χ3n) is 4.77. The van der Waals surface area contributed by atoms with Gasteiger partial charge < -0.3 is 5.32 Å². The molecule has 0 aliphatic heterocycles. The van der Waals surface area contributed by atoms with Crippen LogP contribution < -0.4 is 5.32 Å². The van der Waals surface area contributed by atoms with Crippen molar-refractivity contribution in [2.75, 3.05) is 7.05 Å². The van der Waals surface area contributed by atoms with Gasteiger partial charge in [0, 0.05) is 5.38 Å². The number of rotatable bonds is 4. The molecule has 2 rings (SSSR count). The van der Waals surface area contributed by atoms with Crippen molar-refractivity contribution in [1.82, 2.24) is 10.3 Å². The van der Waals surface area contributed by atoms with Gasteiger partial charge in [0.25, 0.3) is 0 Å². The van der Waals surface area contributed by atoms with Crippen LogP contribution in [0.25, 0.3) is 0 Å². The normalized spacial score (nSPS) is 28.6. The van der Waals surface area contributed by atoms with E-state index in [4.69, 9.17) is 4.98 Å². The Labute approximate surface area is 122 Å². The van der Waals surface area contributed by atoms with Gasteiger partial charge in [-0.3, -0.25) is 0 Å². The van der Waals surface area contributed by atoms with Gasteiger partial charge in [-0.1, -0.05) is 40.0 Å². The minimum Gasteiger partial charge on any atom is -0.308 e. The van der Waals surface area contributed by atoms with Gasteiger partial charge in [-0.25, -0.2) is 4.98 Å². The van der Waals surface area contributed by atoms with E-state index in [1.54, 1.807) is 0 Å². The smallest absolute Gasteiger partial charge is 0.113 e. The molecule has 0 radical (unpaired) electrons. The molecule has 1 aliphatic rings. The second-order valence-corrected chi connectivity index (χ2v) is 7.13. The van der Waals surface area contributed by atoms with Gasteiger partial charge in [0.05, 0.1) is 11.2 Å². The molecular formula is C16H28N2S. The van der Waals surface area contributed by atoms with E-state index >= 15 is 0 Å². The molecule has 1 fully saturated rings. The standard InChI is InChI=1S/C16H28N2S/c1-5-13-7-6-9-16(17-4,10-8-13)15-18-14(11-19-15)12(2)3/h11-13,17H,5-10H2,1-4H3. The minimum absolute atomic E-state index is 0.141. The summed E-state index contributed by atoms with van der Waals surface area (Å²) in [6.45, 7) is 6.79. The molecule has 0 spiro atoms.